The molecule has 25 heavy (non-hydrogen) atoms. The van der Waals surface area contributed by atoms with Crippen LogP contribution in [0.5, 0.6) is 0 Å². The molecule has 0 bridgehead atoms. The number of carbonyl (C=O) groups is 3. The zero-order valence-electron chi connectivity index (χ0n) is 13.1. The topological polar surface area (TPSA) is 84.5 Å². The minimum atomic E-state index is -1.06. The minimum Gasteiger partial charge on any atom is -0.465 e. The molecular formula is C17H14F2N2O4. The number of amides is 2. The highest BCUT2D eigenvalue weighted by Crippen LogP contribution is 2.17. The molecule has 0 heterocycles. The van der Waals surface area contributed by atoms with Gasteiger partial charge in [0.15, 0.2) is 0 Å². The number of hydrogen-bond acceptors (Lipinski definition) is 4. The van der Waals surface area contributed by atoms with Gasteiger partial charge in [0.05, 0.1) is 19.1 Å². The summed E-state index contributed by atoms with van der Waals surface area (Å²) in [5.74, 6) is -4.43. The lowest BCUT2D eigenvalue weighted by Gasteiger charge is -2.09. The minimum absolute atomic E-state index is 0.306. The van der Waals surface area contributed by atoms with Crippen LogP contribution in [0.25, 0.3) is 0 Å². The van der Waals surface area contributed by atoms with Crippen LogP contribution in [0.3, 0.4) is 0 Å². The molecule has 0 radical (unpaired) electrons. The van der Waals surface area contributed by atoms with E-state index in [4.69, 9.17) is 0 Å². The second kappa shape index (κ2) is 8.00. The summed E-state index contributed by atoms with van der Waals surface area (Å²) < 4.78 is 32.2. The van der Waals surface area contributed by atoms with Gasteiger partial charge in [-0.25, -0.2) is 13.6 Å². The molecule has 2 aromatic rings. The first-order valence-electron chi connectivity index (χ1n) is 7.13. The van der Waals surface area contributed by atoms with Gasteiger partial charge in [0, 0.05) is 11.1 Å². The van der Waals surface area contributed by atoms with Crippen molar-refractivity contribution in [3.63, 3.8) is 0 Å². The fourth-order valence-electron chi connectivity index (χ4n) is 2.00. The highest BCUT2D eigenvalue weighted by molar-refractivity contribution is 5.95. The van der Waals surface area contributed by atoms with Crippen LogP contribution in [0.15, 0.2) is 42.5 Å². The van der Waals surface area contributed by atoms with Gasteiger partial charge in [-0.3, -0.25) is 20.4 Å². The predicted octanol–water partition coefficient (Wildman–Crippen LogP) is 1.76. The number of halogens is 2. The molecule has 0 aliphatic rings. The first-order chi connectivity index (χ1) is 11.9. The van der Waals surface area contributed by atoms with E-state index in [1.54, 1.807) is 18.2 Å². The number of rotatable bonds is 4. The molecule has 0 saturated heterocycles. The summed E-state index contributed by atoms with van der Waals surface area (Å²) >= 11 is 0. The molecular weight excluding hydrogens is 334 g/mol. The van der Waals surface area contributed by atoms with Crippen LogP contribution in [0.2, 0.25) is 0 Å². The van der Waals surface area contributed by atoms with Crippen molar-refractivity contribution >= 4 is 17.8 Å². The molecule has 2 N–H and O–H groups in total. The zero-order valence-corrected chi connectivity index (χ0v) is 13.1. The monoisotopic (exact) mass is 348 g/mol. The number of methoxy groups -OCH3 is 1. The van der Waals surface area contributed by atoms with Crippen molar-refractivity contribution in [1.29, 1.82) is 0 Å². The van der Waals surface area contributed by atoms with Crippen LogP contribution in [0, 0.1) is 11.6 Å². The number of esters is 1. The van der Waals surface area contributed by atoms with Crippen molar-refractivity contribution in [3.05, 3.63) is 70.8 Å². The van der Waals surface area contributed by atoms with Gasteiger partial charge >= 0.3 is 5.97 Å². The summed E-state index contributed by atoms with van der Waals surface area (Å²) in [6.45, 7) is 0. The Balaban J connectivity index is 2.01. The van der Waals surface area contributed by atoms with Crippen molar-refractivity contribution in [3.8, 4) is 0 Å². The Labute approximate surface area is 141 Å². The highest BCUT2D eigenvalue weighted by atomic mass is 19.1. The van der Waals surface area contributed by atoms with Crippen LogP contribution in [-0.2, 0) is 16.0 Å². The third kappa shape index (κ3) is 4.60. The summed E-state index contributed by atoms with van der Waals surface area (Å²) in [7, 11) is 1.08. The number of ether oxygens (including phenoxy) is 1. The van der Waals surface area contributed by atoms with Crippen LogP contribution < -0.4 is 10.9 Å². The van der Waals surface area contributed by atoms with Crippen molar-refractivity contribution in [1.82, 2.24) is 10.9 Å². The average molecular weight is 348 g/mol. The number of nitrogens with one attached hydrogen (secondary N) is 2. The number of carbonyl (C=O) groups excluding carboxylic acids is 3. The fourth-order valence-corrected chi connectivity index (χ4v) is 2.00. The molecule has 0 fully saturated rings. The first-order valence-corrected chi connectivity index (χ1v) is 7.13. The molecule has 2 rings (SSSR count). The summed E-state index contributed by atoms with van der Waals surface area (Å²) in [5.41, 5.74) is 3.68. The third-order valence-electron chi connectivity index (χ3n) is 3.25. The Hall–Kier alpha value is -3.29. The number of hydrazine groups is 1. The number of benzene rings is 2. The fraction of sp³-hybridized carbons (Fsp3) is 0.118. The van der Waals surface area contributed by atoms with Gasteiger partial charge in [0.2, 0.25) is 5.91 Å². The average Bonchev–Trinajstić information content (AvgIpc) is 2.62. The van der Waals surface area contributed by atoms with Gasteiger partial charge < -0.3 is 4.74 Å². The summed E-state index contributed by atoms with van der Waals surface area (Å²) in [5, 5.41) is 0. The predicted molar refractivity (Wildman–Crippen MR) is 83.5 cm³/mol. The van der Waals surface area contributed by atoms with Crippen LogP contribution in [0.1, 0.15) is 26.3 Å². The van der Waals surface area contributed by atoms with E-state index in [2.05, 4.69) is 15.6 Å². The van der Waals surface area contributed by atoms with E-state index in [-0.39, 0.29) is 5.56 Å². The molecule has 0 saturated carbocycles. The van der Waals surface area contributed by atoms with E-state index < -0.39 is 41.4 Å². The number of hydrogen-bond donors (Lipinski definition) is 2. The second-order valence-electron chi connectivity index (χ2n) is 4.96. The molecule has 0 spiro atoms. The maximum absolute atomic E-state index is 13.9. The van der Waals surface area contributed by atoms with Gasteiger partial charge in [0.25, 0.3) is 5.91 Å². The summed E-state index contributed by atoms with van der Waals surface area (Å²) in [4.78, 5) is 34.8. The van der Waals surface area contributed by atoms with E-state index in [1.165, 1.54) is 12.1 Å². The second-order valence-corrected chi connectivity index (χ2v) is 4.96. The molecule has 2 aromatic carbocycles. The molecule has 0 unspecified atom stereocenters. The SMILES string of the molecule is COC(=O)c1cc(F)c(CC(=O)NNC(=O)c2ccccc2)c(F)c1. The molecule has 0 atom stereocenters. The molecule has 2 amide bonds. The maximum atomic E-state index is 13.9. The summed E-state index contributed by atoms with van der Waals surface area (Å²) in [6.07, 6.45) is -0.659. The molecule has 0 aliphatic carbocycles. The Bertz CT molecular complexity index is 787. The Morgan fingerprint density at radius 2 is 1.56 bits per heavy atom. The molecule has 0 aliphatic heterocycles. The Kier molecular flexibility index (Phi) is 5.78. The van der Waals surface area contributed by atoms with E-state index in [0.717, 1.165) is 19.2 Å². The lowest BCUT2D eigenvalue weighted by molar-refractivity contribution is -0.121. The Morgan fingerprint density at radius 3 is 2.12 bits per heavy atom. The lowest BCUT2D eigenvalue weighted by Crippen LogP contribution is -2.42. The quantitative estimate of drug-likeness (QED) is 0.651. The molecule has 130 valence electrons. The maximum Gasteiger partial charge on any atom is 0.338 e. The van der Waals surface area contributed by atoms with Gasteiger partial charge in [-0.1, -0.05) is 18.2 Å². The normalized spacial score (nSPS) is 10.0. The molecule has 8 heteroatoms. The molecule has 0 aromatic heterocycles. The summed E-state index contributed by atoms with van der Waals surface area (Å²) in [6, 6.07) is 9.63. The lowest BCUT2D eigenvalue weighted by atomic mass is 10.1. The van der Waals surface area contributed by atoms with Crippen LogP contribution >= 0.6 is 0 Å². The van der Waals surface area contributed by atoms with E-state index in [1.807, 2.05) is 0 Å². The van der Waals surface area contributed by atoms with Crippen molar-refractivity contribution < 1.29 is 27.9 Å². The standard InChI is InChI=1S/C17H14F2N2O4/c1-25-17(24)11-7-13(18)12(14(19)8-11)9-15(22)20-21-16(23)10-5-3-2-4-6-10/h2-8H,9H2,1H3,(H,20,22)(H,21,23). The van der Waals surface area contributed by atoms with Gasteiger partial charge in [0.1, 0.15) is 11.6 Å². The third-order valence-corrected chi connectivity index (χ3v) is 3.25. The largest absolute Gasteiger partial charge is 0.465 e. The van der Waals surface area contributed by atoms with Crippen LogP contribution in [0.4, 0.5) is 8.78 Å². The Morgan fingerprint density at radius 1 is 0.960 bits per heavy atom. The smallest absolute Gasteiger partial charge is 0.338 e. The van der Waals surface area contributed by atoms with Gasteiger partial charge in [-0.15, -0.1) is 0 Å². The van der Waals surface area contributed by atoms with Crippen molar-refractivity contribution in [2.24, 2.45) is 0 Å². The van der Waals surface area contributed by atoms with Gasteiger partial charge in [-0.05, 0) is 24.3 Å². The zero-order chi connectivity index (χ0) is 18.4. The van der Waals surface area contributed by atoms with E-state index in [0.29, 0.717) is 5.56 Å². The van der Waals surface area contributed by atoms with Gasteiger partial charge in [-0.2, -0.15) is 0 Å². The van der Waals surface area contributed by atoms with Crippen molar-refractivity contribution in [2.45, 2.75) is 6.42 Å². The van der Waals surface area contributed by atoms with Crippen LogP contribution in [-0.4, -0.2) is 24.9 Å². The first kappa shape index (κ1) is 18.1. The van der Waals surface area contributed by atoms with E-state index in [9.17, 15) is 23.2 Å². The highest BCUT2D eigenvalue weighted by Gasteiger charge is 2.18. The molecule has 6 nitrogen and oxygen atoms in total. The van der Waals surface area contributed by atoms with Crippen molar-refractivity contribution in [2.75, 3.05) is 7.11 Å². The van der Waals surface area contributed by atoms with E-state index >= 15 is 0 Å².